The second kappa shape index (κ2) is 6.65. The Hall–Kier alpha value is -2.33. The first-order chi connectivity index (χ1) is 11.8. The molecule has 0 spiro atoms. The third-order valence-electron chi connectivity index (χ3n) is 4.88. The van der Waals surface area contributed by atoms with Crippen LogP contribution in [0.2, 0.25) is 0 Å². The Bertz CT molecular complexity index is 705. The molecule has 4 nitrogen and oxygen atoms in total. The van der Waals surface area contributed by atoms with Gasteiger partial charge in [-0.3, -0.25) is 9.69 Å². The molecule has 24 heavy (non-hydrogen) atoms. The van der Waals surface area contributed by atoms with E-state index in [1.807, 2.05) is 35.2 Å². The summed E-state index contributed by atoms with van der Waals surface area (Å²) in [4.78, 5) is 17.3. The molecule has 0 N–H and O–H groups in total. The van der Waals surface area contributed by atoms with E-state index in [2.05, 4.69) is 17.0 Å². The second-order valence-electron chi connectivity index (χ2n) is 6.53. The predicted molar refractivity (Wildman–Crippen MR) is 93.2 cm³/mol. The summed E-state index contributed by atoms with van der Waals surface area (Å²) in [7, 11) is 0. The van der Waals surface area contributed by atoms with E-state index in [9.17, 15) is 4.79 Å². The van der Waals surface area contributed by atoms with Gasteiger partial charge in [-0.15, -0.1) is 0 Å². The number of carbonyl (C=O) groups is 1. The fourth-order valence-corrected chi connectivity index (χ4v) is 3.43. The van der Waals surface area contributed by atoms with Crippen molar-refractivity contribution in [2.24, 2.45) is 0 Å². The molecule has 2 fully saturated rings. The van der Waals surface area contributed by atoms with Crippen LogP contribution in [0.15, 0.2) is 59.2 Å². The smallest absolute Gasteiger partial charge is 0.247 e. The van der Waals surface area contributed by atoms with Crippen LogP contribution in [-0.4, -0.2) is 41.4 Å². The van der Waals surface area contributed by atoms with Crippen LogP contribution in [0.4, 0.5) is 0 Å². The van der Waals surface area contributed by atoms with Crippen molar-refractivity contribution in [3.63, 3.8) is 0 Å². The molecule has 124 valence electrons. The summed E-state index contributed by atoms with van der Waals surface area (Å²) in [6, 6.07) is 14.9. The molecule has 0 radical (unpaired) electrons. The van der Waals surface area contributed by atoms with Crippen molar-refractivity contribution >= 4 is 12.0 Å². The zero-order valence-electron chi connectivity index (χ0n) is 13.7. The highest BCUT2D eigenvalue weighted by atomic mass is 16.3. The van der Waals surface area contributed by atoms with Gasteiger partial charge in [0.1, 0.15) is 5.76 Å². The van der Waals surface area contributed by atoms with E-state index in [4.69, 9.17) is 4.42 Å². The van der Waals surface area contributed by atoms with Gasteiger partial charge < -0.3 is 9.32 Å². The lowest BCUT2D eigenvalue weighted by Gasteiger charge is -2.41. The molecule has 1 saturated heterocycles. The quantitative estimate of drug-likeness (QED) is 0.810. The maximum Gasteiger partial charge on any atom is 0.247 e. The van der Waals surface area contributed by atoms with Gasteiger partial charge in [0.2, 0.25) is 5.91 Å². The topological polar surface area (TPSA) is 36.7 Å². The van der Waals surface area contributed by atoms with E-state index < -0.39 is 0 Å². The van der Waals surface area contributed by atoms with Crippen LogP contribution >= 0.6 is 0 Å². The minimum absolute atomic E-state index is 0.0516. The Morgan fingerprint density at radius 1 is 1.08 bits per heavy atom. The average molecular weight is 322 g/mol. The van der Waals surface area contributed by atoms with Gasteiger partial charge in [0.05, 0.1) is 12.3 Å². The van der Waals surface area contributed by atoms with Crippen molar-refractivity contribution < 1.29 is 9.21 Å². The number of furan rings is 1. The molecule has 1 aromatic carbocycles. The number of benzene rings is 1. The predicted octanol–water partition coefficient (Wildman–Crippen LogP) is 3.34. The van der Waals surface area contributed by atoms with Crippen molar-refractivity contribution in [2.75, 3.05) is 19.6 Å². The summed E-state index contributed by atoms with van der Waals surface area (Å²) >= 11 is 0. The Kier molecular flexibility index (Phi) is 4.22. The minimum Gasteiger partial charge on any atom is -0.465 e. The van der Waals surface area contributed by atoms with Crippen LogP contribution in [0, 0.1) is 0 Å². The highest BCUT2D eigenvalue weighted by molar-refractivity contribution is 5.91. The molecule has 1 unspecified atom stereocenters. The van der Waals surface area contributed by atoms with Gasteiger partial charge in [0.15, 0.2) is 0 Å². The Labute approximate surface area is 142 Å². The van der Waals surface area contributed by atoms with Crippen LogP contribution in [0.25, 0.3) is 6.08 Å². The van der Waals surface area contributed by atoms with Crippen molar-refractivity contribution in [1.29, 1.82) is 0 Å². The minimum atomic E-state index is 0.0516. The summed E-state index contributed by atoms with van der Waals surface area (Å²) in [6.45, 7) is 2.67. The summed E-state index contributed by atoms with van der Waals surface area (Å²) in [5.74, 6) is 0.756. The lowest BCUT2D eigenvalue weighted by Crippen LogP contribution is -2.50. The lowest BCUT2D eigenvalue weighted by molar-refractivity contribution is -0.131. The van der Waals surface area contributed by atoms with E-state index in [-0.39, 0.29) is 11.9 Å². The highest BCUT2D eigenvalue weighted by Gasteiger charge is 2.37. The number of hydrogen-bond acceptors (Lipinski definition) is 3. The van der Waals surface area contributed by atoms with Crippen molar-refractivity contribution in [3.8, 4) is 0 Å². The molecule has 1 saturated carbocycles. The molecule has 2 aliphatic rings. The molecule has 1 amide bonds. The zero-order valence-corrected chi connectivity index (χ0v) is 13.7. The molecule has 1 aliphatic heterocycles. The van der Waals surface area contributed by atoms with Gasteiger partial charge in [0, 0.05) is 31.8 Å². The van der Waals surface area contributed by atoms with E-state index in [0.717, 1.165) is 25.7 Å². The first-order valence-corrected chi connectivity index (χ1v) is 8.62. The fourth-order valence-electron chi connectivity index (χ4n) is 3.43. The SMILES string of the molecule is O=C(/C=C/c1ccco1)N1CCN(C2CC2)CC1c1ccccc1. The van der Waals surface area contributed by atoms with E-state index in [0.29, 0.717) is 5.76 Å². The Morgan fingerprint density at radius 3 is 2.62 bits per heavy atom. The number of amides is 1. The van der Waals surface area contributed by atoms with Gasteiger partial charge >= 0.3 is 0 Å². The molecule has 4 rings (SSSR count). The maximum atomic E-state index is 12.7. The first-order valence-electron chi connectivity index (χ1n) is 8.62. The van der Waals surface area contributed by atoms with Gasteiger partial charge in [-0.2, -0.15) is 0 Å². The normalized spacial score (nSPS) is 22.2. The fraction of sp³-hybridized carbons (Fsp3) is 0.350. The van der Waals surface area contributed by atoms with Gasteiger partial charge in [0.25, 0.3) is 0 Å². The standard InChI is InChI=1S/C20H22N2O2/c23-20(11-10-18-7-4-14-24-18)22-13-12-21(17-8-9-17)15-19(22)16-5-2-1-3-6-16/h1-7,10-11,14,17,19H,8-9,12-13,15H2/b11-10+. The molecule has 2 aromatic rings. The van der Waals surface area contributed by atoms with Gasteiger partial charge in [-0.05, 0) is 36.6 Å². The second-order valence-corrected chi connectivity index (χ2v) is 6.53. The van der Waals surface area contributed by atoms with Crippen molar-refractivity contribution in [1.82, 2.24) is 9.80 Å². The van der Waals surface area contributed by atoms with Crippen LogP contribution in [0.5, 0.6) is 0 Å². The summed E-state index contributed by atoms with van der Waals surface area (Å²) in [6.07, 6.45) is 7.59. The molecule has 1 aliphatic carbocycles. The lowest BCUT2D eigenvalue weighted by atomic mass is 10.0. The largest absolute Gasteiger partial charge is 0.465 e. The van der Waals surface area contributed by atoms with Crippen LogP contribution in [-0.2, 0) is 4.79 Å². The van der Waals surface area contributed by atoms with Crippen LogP contribution in [0.3, 0.4) is 0 Å². The van der Waals surface area contributed by atoms with E-state index in [1.54, 1.807) is 18.4 Å². The zero-order chi connectivity index (χ0) is 16.4. The first kappa shape index (κ1) is 15.2. The third kappa shape index (κ3) is 3.29. The van der Waals surface area contributed by atoms with Crippen LogP contribution in [0.1, 0.15) is 30.2 Å². The number of rotatable bonds is 4. The van der Waals surface area contributed by atoms with Crippen molar-refractivity contribution in [3.05, 3.63) is 66.1 Å². The van der Waals surface area contributed by atoms with Crippen molar-refractivity contribution in [2.45, 2.75) is 24.9 Å². The molecule has 0 bridgehead atoms. The number of piperazine rings is 1. The molecule has 4 heteroatoms. The molecule has 1 atom stereocenters. The molecular weight excluding hydrogens is 300 g/mol. The maximum absolute atomic E-state index is 12.7. The number of carbonyl (C=O) groups excluding carboxylic acids is 1. The number of hydrogen-bond donors (Lipinski definition) is 0. The van der Waals surface area contributed by atoms with E-state index >= 15 is 0 Å². The summed E-state index contributed by atoms with van der Waals surface area (Å²) in [5, 5.41) is 0. The third-order valence-corrected chi connectivity index (χ3v) is 4.88. The van der Waals surface area contributed by atoms with Gasteiger partial charge in [-0.25, -0.2) is 0 Å². The molecular formula is C20H22N2O2. The average Bonchev–Trinajstić information content (AvgIpc) is 3.36. The Balaban J connectivity index is 1.54. The van der Waals surface area contributed by atoms with Crippen LogP contribution < -0.4 is 0 Å². The Morgan fingerprint density at radius 2 is 1.92 bits per heavy atom. The van der Waals surface area contributed by atoms with Gasteiger partial charge in [-0.1, -0.05) is 30.3 Å². The molecule has 1 aromatic heterocycles. The molecule has 2 heterocycles. The summed E-state index contributed by atoms with van der Waals surface area (Å²) in [5.41, 5.74) is 1.21. The number of nitrogens with zero attached hydrogens (tertiary/aromatic N) is 2. The monoisotopic (exact) mass is 322 g/mol. The summed E-state index contributed by atoms with van der Waals surface area (Å²) < 4.78 is 5.27. The van der Waals surface area contributed by atoms with E-state index in [1.165, 1.54) is 18.4 Å². The highest BCUT2D eigenvalue weighted by Crippen LogP contribution is 2.33.